The number of aliphatic carboxylic acids is 1. The molecule has 0 fully saturated rings. The summed E-state index contributed by atoms with van der Waals surface area (Å²) in [5.41, 5.74) is -0.0131. The largest absolute Gasteiger partial charge is 0.480 e. The smallest absolute Gasteiger partial charge is 0.326 e. The van der Waals surface area contributed by atoms with Crippen LogP contribution in [0.3, 0.4) is 0 Å². The number of carboxylic acids is 1. The van der Waals surface area contributed by atoms with E-state index in [1.165, 1.54) is 12.1 Å². The van der Waals surface area contributed by atoms with Gasteiger partial charge in [-0.25, -0.2) is 17.6 Å². The molecule has 0 bridgehead atoms. The lowest BCUT2D eigenvalue weighted by atomic mass is 10.1. The molecule has 0 saturated heterocycles. The van der Waals surface area contributed by atoms with Crippen molar-refractivity contribution in [2.75, 3.05) is 11.6 Å². The fourth-order valence-electron chi connectivity index (χ4n) is 1.70. The summed E-state index contributed by atoms with van der Waals surface area (Å²) in [4.78, 5) is 10.9. The van der Waals surface area contributed by atoms with E-state index >= 15 is 0 Å². The molecule has 1 atom stereocenters. The van der Waals surface area contributed by atoms with E-state index in [0.29, 0.717) is 12.8 Å². The van der Waals surface area contributed by atoms with E-state index in [0.717, 1.165) is 18.7 Å². The van der Waals surface area contributed by atoms with Crippen molar-refractivity contribution >= 4 is 21.5 Å². The van der Waals surface area contributed by atoms with Gasteiger partial charge in [0, 0.05) is 6.26 Å². The van der Waals surface area contributed by atoms with Gasteiger partial charge in [-0.2, -0.15) is 0 Å². The number of anilines is 1. The van der Waals surface area contributed by atoms with Crippen molar-refractivity contribution in [1.29, 1.82) is 0 Å². The average Bonchev–Trinajstić information content (AvgIpc) is 2.34. The predicted octanol–water partition coefficient (Wildman–Crippen LogP) is 2.28. The molecule has 2 N–H and O–H groups in total. The first-order chi connectivity index (χ1) is 9.25. The van der Waals surface area contributed by atoms with Gasteiger partial charge in [0.15, 0.2) is 9.84 Å². The summed E-state index contributed by atoms with van der Waals surface area (Å²) in [6.45, 7) is 1.93. The van der Waals surface area contributed by atoms with E-state index in [4.69, 9.17) is 5.11 Å². The average molecular weight is 303 g/mol. The zero-order valence-electron chi connectivity index (χ0n) is 11.4. The minimum atomic E-state index is -3.49. The van der Waals surface area contributed by atoms with Crippen molar-refractivity contribution in [3.63, 3.8) is 0 Å². The Labute approximate surface area is 117 Å². The number of halogens is 1. The zero-order chi connectivity index (χ0) is 15.3. The molecule has 112 valence electrons. The summed E-state index contributed by atoms with van der Waals surface area (Å²) in [5.74, 6) is -1.85. The van der Waals surface area contributed by atoms with Crippen molar-refractivity contribution in [2.24, 2.45) is 0 Å². The second-order valence-corrected chi connectivity index (χ2v) is 6.61. The van der Waals surface area contributed by atoms with E-state index in [2.05, 4.69) is 5.32 Å². The van der Waals surface area contributed by atoms with E-state index in [1.807, 2.05) is 6.92 Å². The molecular formula is C13H18FNO4S. The second-order valence-electron chi connectivity index (χ2n) is 4.59. The van der Waals surface area contributed by atoms with Gasteiger partial charge in [-0.05, 0) is 24.6 Å². The van der Waals surface area contributed by atoms with Crippen LogP contribution in [0.1, 0.15) is 26.2 Å². The van der Waals surface area contributed by atoms with Crippen LogP contribution in [0.4, 0.5) is 10.1 Å². The summed E-state index contributed by atoms with van der Waals surface area (Å²) < 4.78 is 36.4. The minimum absolute atomic E-state index is 0.0131. The summed E-state index contributed by atoms with van der Waals surface area (Å²) in [7, 11) is -3.49. The molecule has 0 spiro atoms. The zero-order valence-corrected chi connectivity index (χ0v) is 12.2. The topological polar surface area (TPSA) is 83.5 Å². The maximum absolute atomic E-state index is 13.8. The third kappa shape index (κ3) is 4.48. The number of unbranched alkanes of at least 4 members (excludes halogenated alkanes) is 1. The van der Waals surface area contributed by atoms with E-state index in [-0.39, 0.29) is 10.6 Å². The molecule has 0 saturated carbocycles. The van der Waals surface area contributed by atoms with Crippen LogP contribution in [0.25, 0.3) is 0 Å². The fourth-order valence-corrected chi connectivity index (χ4v) is 2.33. The van der Waals surface area contributed by atoms with Crippen molar-refractivity contribution in [3.05, 3.63) is 24.0 Å². The first-order valence-corrected chi connectivity index (χ1v) is 8.13. The normalized spacial score (nSPS) is 12.9. The van der Waals surface area contributed by atoms with E-state index in [1.54, 1.807) is 0 Å². The molecule has 0 heterocycles. The number of carbonyl (C=O) groups is 1. The van der Waals surface area contributed by atoms with Gasteiger partial charge in [0.05, 0.1) is 10.6 Å². The van der Waals surface area contributed by atoms with Gasteiger partial charge < -0.3 is 10.4 Å². The summed E-state index contributed by atoms with van der Waals surface area (Å²) in [6, 6.07) is 2.48. The van der Waals surface area contributed by atoms with Gasteiger partial charge in [0.25, 0.3) is 0 Å². The van der Waals surface area contributed by atoms with Gasteiger partial charge in [0.1, 0.15) is 11.9 Å². The van der Waals surface area contributed by atoms with Crippen molar-refractivity contribution < 1.29 is 22.7 Å². The highest BCUT2D eigenvalue weighted by molar-refractivity contribution is 7.90. The van der Waals surface area contributed by atoms with Gasteiger partial charge in [0.2, 0.25) is 0 Å². The molecular weight excluding hydrogens is 285 g/mol. The highest BCUT2D eigenvalue weighted by Crippen LogP contribution is 2.20. The second kappa shape index (κ2) is 6.69. The highest BCUT2D eigenvalue weighted by atomic mass is 32.2. The Morgan fingerprint density at radius 3 is 2.55 bits per heavy atom. The quantitative estimate of drug-likeness (QED) is 0.807. The third-order valence-electron chi connectivity index (χ3n) is 2.84. The van der Waals surface area contributed by atoms with Gasteiger partial charge in [-0.3, -0.25) is 0 Å². The van der Waals surface area contributed by atoms with E-state index < -0.39 is 27.7 Å². The lowest BCUT2D eigenvalue weighted by molar-refractivity contribution is -0.138. The third-order valence-corrected chi connectivity index (χ3v) is 3.95. The first-order valence-electron chi connectivity index (χ1n) is 6.24. The summed E-state index contributed by atoms with van der Waals surface area (Å²) in [5, 5.41) is 11.6. The van der Waals surface area contributed by atoms with Crippen molar-refractivity contribution in [1.82, 2.24) is 0 Å². The number of rotatable bonds is 7. The lowest BCUT2D eigenvalue weighted by Crippen LogP contribution is -2.29. The number of sulfone groups is 1. The Hall–Kier alpha value is -1.63. The molecule has 0 amide bonds. The minimum Gasteiger partial charge on any atom is -0.480 e. The molecule has 0 aromatic heterocycles. The Morgan fingerprint density at radius 1 is 1.45 bits per heavy atom. The molecule has 1 aromatic rings. The molecule has 1 unspecified atom stereocenters. The number of carboxylic acid groups (broad SMARTS) is 1. The Kier molecular flexibility index (Phi) is 5.50. The standard InChI is InChI=1S/C13H18FNO4S/c1-3-4-5-12(13(16)17)15-11-7-6-9(8-10(11)14)20(2,18)19/h6-8,12,15H,3-5H2,1-2H3,(H,16,17). The Bertz CT molecular complexity index is 586. The predicted molar refractivity (Wildman–Crippen MR) is 74.1 cm³/mol. The monoisotopic (exact) mass is 303 g/mol. The van der Waals surface area contributed by atoms with Crippen LogP contribution in [0.15, 0.2) is 23.1 Å². The van der Waals surface area contributed by atoms with Crippen LogP contribution >= 0.6 is 0 Å². The number of hydrogen-bond acceptors (Lipinski definition) is 4. The van der Waals surface area contributed by atoms with Crippen LogP contribution in [-0.4, -0.2) is 31.8 Å². The molecule has 1 rings (SSSR count). The molecule has 0 aliphatic carbocycles. The van der Waals surface area contributed by atoms with Crippen molar-refractivity contribution in [3.8, 4) is 0 Å². The SMILES string of the molecule is CCCCC(Nc1ccc(S(C)(=O)=O)cc1F)C(=O)O. The number of nitrogens with one attached hydrogen (secondary N) is 1. The van der Waals surface area contributed by atoms with Crippen molar-refractivity contribution in [2.45, 2.75) is 37.1 Å². The molecule has 1 aromatic carbocycles. The Morgan fingerprint density at radius 2 is 2.10 bits per heavy atom. The van der Waals surface area contributed by atoms with Crippen LogP contribution in [0, 0.1) is 5.82 Å². The van der Waals surface area contributed by atoms with Crippen LogP contribution in [0.2, 0.25) is 0 Å². The maximum atomic E-state index is 13.8. The molecule has 20 heavy (non-hydrogen) atoms. The van der Waals surface area contributed by atoms with Crippen LogP contribution in [0.5, 0.6) is 0 Å². The van der Waals surface area contributed by atoms with Crippen LogP contribution in [-0.2, 0) is 14.6 Å². The molecule has 0 aliphatic rings. The molecule has 0 radical (unpaired) electrons. The highest BCUT2D eigenvalue weighted by Gasteiger charge is 2.19. The van der Waals surface area contributed by atoms with Gasteiger partial charge >= 0.3 is 5.97 Å². The van der Waals surface area contributed by atoms with E-state index in [9.17, 15) is 17.6 Å². The first kappa shape index (κ1) is 16.4. The molecule has 7 heteroatoms. The Balaban J connectivity index is 2.94. The maximum Gasteiger partial charge on any atom is 0.326 e. The summed E-state index contributed by atoms with van der Waals surface area (Å²) in [6.07, 6.45) is 2.89. The lowest BCUT2D eigenvalue weighted by Gasteiger charge is -2.16. The molecule has 5 nitrogen and oxygen atoms in total. The number of benzene rings is 1. The van der Waals surface area contributed by atoms with Crippen LogP contribution < -0.4 is 5.32 Å². The summed E-state index contributed by atoms with van der Waals surface area (Å²) >= 11 is 0. The number of hydrogen-bond donors (Lipinski definition) is 2. The fraction of sp³-hybridized carbons (Fsp3) is 0.462. The van der Waals surface area contributed by atoms with Gasteiger partial charge in [-0.1, -0.05) is 19.8 Å². The van der Waals surface area contributed by atoms with Gasteiger partial charge in [-0.15, -0.1) is 0 Å². The molecule has 0 aliphatic heterocycles.